The van der Waals surface area contributed by atoms with Crippen molar-refractivity contribution in [3.63, 3.8) is 0 Å². The van der Waals surface area contributed by atoms with Gasteiger partial charge in [-0.05, 0) is 30.6 Å². The molecule has 0 N–H and O–H groups in total. The predicted molar refractivity (Wildman–Crippen MR) is 102 cm³/mol. The number of hydrogen-bond donors (Lipinski definition) is 0. The summed E-state index contributed by atoms with van der Waals surface area (Å²) >= 11 is 0. The van der Waals surface area contributed by atoms with E-state index >= 15 is 0 Å². The zero-order valence-electron chi connectivity index (χ0n) is 18.3. The van der Waals surface area contributed by atoms with Gasteiger partial charge in [0.25, 0.3) is 0 Å². The van der Waals surface area contributed by atoms with Gasteiger partial charge in [-0.25, -0.2) is 0 Å². The molecule has 3 rings (SSSR count). The molecule has 7 unspecified atom stereocenters. The summed E-state index contributed by atoms with van der Waals surface area (Å²) in [6.45, 7) is 14.4. The van der Waals surface area contributed by atoms with Crippen molar-refractivity contribution in [3.05, 3.63) is 0 Å². The van der Waals surface area contributed by atoms with E-state index in [1.165, 1.54) is 7.11 Å². The summed E-state index contributed by atoms with van der Waals surface area (Å²) in [5.41, 5.74) is -1.09. The molecule has 6 nitrogen and oxygen atoms in total. The van der Waals surface area contributed by atoms with Crippen LogP contribution in [-0.4, -0.2) is 37.2 Å². The SMILES string of the molecule is COC(=O)C1C2CC3C(OC(=O)C31)C2OC(=O)C(C)(CC(C)(C)C)C(C)(C)C. The van der Waals surface area contributed by atoms with Crippen LogP contribution in [0.5, 0.6) is 0 Å². The Morgan fingerprint density at radius 2 is 1.68 bits per heavy atom. The van der Waals surface area contributed by atoms with Crippen molar-refractivity contribution in [1.82, 2.24) is 0 Å². The summed E-state index contributed by atoms with van der Waals surface area (Å²) < 4.78 is 16.6. The highest BCUT2D eigenvalue weighted by molar-refractivity contribution is 5.86. The fourth-order valence-corrected chi connectivity index (χ4v) is 5.56. The monoisotopic (exact) mass is 394 g/mol. The average Bonchev–Trinajstić information content (AvgIpc) is 3.14. The first-order valence-electron chi connectivity index (χ1n) is 10.2. The van der Waals surface area contributed by atoms with E-state index in [1.807, 2.05) is 27.7 Å². The number of esters is 3. The zero-order valence-corrected chi connectivity index (χ0v) is 18.3. The van der Waals surface area contributed by atoms with Gasteiger partial charge in [0.15, 0.2) is 0 Å². The molecule has 3 aliphatic rings. The van der Waals surface area contributed by atoms with Crippen LogP contribution in [0.1, 0.15) is 61.3 Å². The number of fused-ring (bicyclic) bond motifs is 1. The first kappa shape index (κ1) is 21.1. The summed E-state index contributed by atoms with van der Waals surface area (Å²) in [6.07, 6.45) is 0.304. The normalized spacial score (nSPS) is 36.1. The van der Waals surface area contributed by atoms with Gasteiger partial charge >= 0.3 is 17.9 Å². The lowest BCUT2D eigenvalue weighted by atomic mass is 9.61. The van der Waals surface area contributed by atoms with Gasteiger partial charge in [-0.15, -0.1) is 0 Å². The van der Waals surface area contributed by atoms with Crippen LogP contribution in [0.15, 0.2) is 0 Å². The number of ether oxygens (including phenoxy) is 3. The summed E-state index contributed by atoms with van der Waals surface area (Å²) in [5.74, 6) is -2.38. The van der Waals surface area contributed by atoms with E-state index in [1.54, 1.807) is 0 Å². The third-order valence-corrected chi connectivity index (χ3v) is 7.25. The van der Waals surface area contributed by atoms with Crippen molar-refractivity contribution in [2.24, 2.45) is 39.9 Å². The molecule has 28 heavy (non-hydrogen) atoms. The molecule has 0 aromatic rings. The second-order valence-electron chi connectivity index (χ2n) is 11.2. The second-order valence-corrected chi connectivity index (χ2v) is 11.2. The molecule has 2 aliphatic carbocycles. The first-order valence-corrected chi connectivity index (χ1v) is 10.2. The molecule has 158 valence electrons. The Bertz CT molecular complexity index is 684. The standard InChI is InChI=1S/C22H34O6/c1-20(2,3)10-22(7,21(4,5)6)19(25)28-16-11-9-12-14(13(11)17(23)26-8)18(24)27-15(12)16/h11-16H,9-10H2,1-8H3. The third kappa shape index (κ3) is 3.13. The van der Waals surface area contributed by atoms with Crippen molar-refractivity contribution < 1.29 is 28.6 Å². The Labute approximate surface area is 167 Å². The maximum Gasteiger partial charge on any atom is 0.312 e. The van der Waals surface area contributed by atoms with Crippen LogP contribution < -0.4 is 0 Å². The molecule has 7 atom stereocenters. The van der Waals surface area contributed by atoms with Gasteiger partial charge in [-0.2, -0.15) is 0 Å². The smallest absolute Gasteiger partial charge is 0.312 e. The third-order valence-electron chi connectivity index (χ3n) is 7.25. The van der Waals surface area contributed by atoms with E-state index in [0.717, 1.165) is 0 Å². The highest BCUT2D eigenvalue weighted by Crippen LogP contribution is 2.59. The van der Waals surface area contributed by atoms with E-state index in [4.69, 9.17) is 14.2 Å². The van der Waals surface area contributed by atoms with Gasteiger partial charge < -0.3 is 14.2 Å². The van der Waals surface area contributed by atoms with Gasteiger partial charge in [0.2, 0.25) is 0 Å². The van der Waals surface area contributed by atoms with Crippen LogP contribution in [0.25, 0.3) is 0 Å². The van der Waals surface area contributed by atoms with E-state index in [2.05, 4.69) is 20.8 Å². The molecule has 0 aromatic heterocycles. The summed E-state index contributed by atoms with van der Waals surface area (Å²) in [4.78, 5) is 38.1. The van der Waals surface area contributed by atoms with Crippen molar-refractivity contribution in [2.75, 3.05) is 7.11 Å². The molecule has 0 spiro atoms. The van der Waals surface area contributed by atoms with E-state index in [0.29, 0.717) is 12.8 Å². The lowest BCUT2D eigenvalue weighted by Crippen LogP contribution is -2.49. The molecule has 0 amide bonds. The molecule has 6 heteroatoms. The van der Waals surface area contributed by atoms with Gasteiger partial charge in [-0.3, -0.25) is 14.4 Å². The Morgan fingerprint density at radius 3 is 2.18 bits per heavy atom. The topological polar surface area (TPSA) is 78.9 Å². The fourth-order valence-electron chi connectivity index (χ4n) is 5.56. The second kappa shape index (κ2) is 6.46. The Hall–Kier alpha value is -1.59. The molecule has 2 saturated carbocycles. The van der Waals surface area contributed by atoms with Gasteiger partial charge in [0, 0.05) is 11.8 Å². The van der Waals surface area contributed by atoms with E-state index < -0.39 is 35.4 Å². The average molecular weight is 395 g/mol. The largest absolute Gasteiger partial charge is 0.469 e. The minimum Gasteiger partial charge on any atom is -0.469 e. The molecule has 2 bridgehead atoms. The number of methoxy groups -OCH3 is 1. The lowest BCUT2D eigenvalue weighted by molar-refractivity contribution is -0.182. The maximum atomic E-state index is 13.4. The van der Waals surface area contributed by atoms with Crippen LogP contribution >= 0.6 is 0 Å². The fraction of sp³-hybridized carbons (Fsp3) is 0.864. The zero-order chi connectivity index (χ0) is 21.2. The number of carbonyl (C=O) groups is 3. The number of hydrogen-bond acceptors (Lipinski definition) is 6. The van der Waals surface area contributed by atoms with Crippen molar-refractivity contribution in [1.29, 1.82) is 0 Å². The summed E-state index contributed by atoms with van der Waals surface area (Å²) in [6, 6.07) is 0. The molecule has 1 saturated heterocycles. The first-order chi connectivity index (χ1) is 12.7. The molecular weight excluding hydrogens is 360 g/mol. The Balaban J connectivity index is 1.87. The molecule has 0 aromatic carbocycles. The van der Waals surface area contributed by atoms with Crippen LogP contribution in [-0.2, 0) is 28.6 Å². The highest BCUT2D eigenvalue weighted by Gasteiger charge is 2.70. The van der Waals surface area contributed by atoms with E-state index in [-0.39, 0.29) is 34.6 Å². The summed E-state index contributed by atoms with van der Waals surface area (Å²) in [5, 5.41) is 0. The van der Waals surface area contributed by atoms with Crippen LogP contribution in [0, 0.1) is 39.9 Å². The quantitative estimate of drug-likeness (QED) is 0.537. The van der Waals surface area contributed by atoms with Gasteiger partial charge in [0.05, 0.1) is 24.4 Å². The molecule has 3 fully saturated rings. The Morgan fingerprint density at radius 1 is 1.07 bits per heavy atom. The minimum absolute atomic E-state index is 0.0603. The highest BCUT2D eigenvalue weighted by atomic mass is 16.6. The predicted octanol–water partition coefficient (Wildman–Crippen LogP) is 3.37. The van der Waals surface area contributed by atoms with Crippen molar-refractivity contribution in [3.8, 4) is 0 Å². The number of carbonyl (C=O) groups excluding carboxylic acids is 3. The van der Waals surface area contributed by atoms with Crippen LogP contribution in [0.3, 0.4) is 0 Å². The number of rotatable bonds is 4. The van der Waals surface area contributed by atoms with Gasteiger partial charge in [0.1, 0.15) is 12.2 Å². The van der Waals surface area contributed by atoms with Crippen LogP contribution in [0.4, 0.5) is 0 Å². The molecule has 1 aliphatic heterocycles. The van der Waals surface area contributed by atoms with Crippen molar-refractivity contribution >= 4 is 17.9 Å². The van der Waals surface area contributed by atoms with Crippen molar-refractivity contribution in [2.45, 2.75) is 73.5 Å². The molecule has 0 radical (unpaired) electrons. The van der Waals surface area contributed by atoms with Gasteiger partial charge in [-0.1, -0.05) is 41.5 Å². The maximum absolute atomic E-state index is 13.4. The molecule has 1 heterocycles. The summed E-state index contributed by atoms with van der Waals surface area (Å²) in [7, 11) is 1.33. The molecular formula is C22H34O6. The van der Waals surface area contributed by atoms with E-state index in [9.17, 15) is 14.4 Å². The lowest BCUT2D eigenvalue weighted by Gasteiger charge is -2.44. The Kier molecular flexibility index (Phi) is 4.87. The van der Waals surface area contributed by atoms with Crippen LogP contribution in [0.2, 0.25) is 0 Å². The minimum atomic E-state index is -0.712.